The Hall–Kier alpha value is -1.79. The molecule has 2 aliphatic heterocycles. The summed E-state index contributed by atoms with van der Waals surface area (Å²) >= 11 is 0. The van der Waals surface area contributed by atoms with Crippen molar-refractivity contribution in [3.8, 4) is 5.75 Å². The number of amides is 2. The van der Waals surface area contributed by atoms with E-state index in [4.69, 9.17) is 4.74 Å². The quantitative estimate of drug-likeness (QED) is 0.831. The zero-order valence-electron chi connectivity index (χ0n) is 17.0. The minimum atomic E-state index is 0.0857. The average Bonchev–Trinajstić information content (AvgIpc) is 3.16. The maximum absolute atomic E-state index is 12.6. The predicted octanol–water partition coefficient (Wildman–Crippen LogP) is 2.40. The molecule has 6 nitrogen and oxygen atoms in total. The zero-order valence-corrected chi connectivity index (χ0v) is 17.0. The first-order valence-corrected chi connectivity index (χ1v) is 10.2. The second kappa shape index (κ2) is 9.42. The number of urea groups is 1. The highest BCUT2D eigenvalue weighted by molar-refractivity contribution is 5.74. The van der Waals surface area contributed by atoms with Gasteiger partial charge in [-0.15, -0.1) is 0 Å². The maximum Gasteiger partial charge on any atom is 0.317 e. The Morgan fingerprint density at radius 3 is 2.63 bits per heavy atom. The third-order valence-corrected chi connectivity index (χ3v) is 5.82. The minimum Gasteiger partial charge on any atom is -0.496 e. The van der Waals surface area contributed by atoms with Crippen molar-refractivity contribution < 1.29 is 9.53 Å². The molecular weight excluding hydrogens is 340 g/mol. The Morgan fingerprint density at radius 1 is 1.19 bits per heavy atom. The summed E-state index contributed by atoms with van der Waals surface area (Å²) < 4.78 is 5.45. The molecule has 150 valence electrons. The van der Waals surface area contributed by atoms with Gasteiger partial charge >= 0.3 is 6.03 Å². The molecule has 27 heavy (non-hydrogen) atoms. The van der Waals surface area contributed by atoms with Crippen LogP contribution in [0, 0.1) is 0 Å². The highest BCUT2D eigenvalue weighted by atomic mass is 16.5. The molecule has 1 atom stereocenters. The van der Waals surface area contributed by atoms with Crippen LogP contribution in [-0.2, 0) is 6.54 Å². The highest BCUT2D eigenvalue weighted by Crippen LogP contribution is 2.21. The van der Waals surface area contributed by atoms with Gasteiger partial charge in [-0.3, -0.25) is 9.80 Å². The van der Waals surface area contributed by atoms with Gasteiger partial charge in [0.15, 0.2) is 0 Å². The molecule has 1 N–H and O–H groups in total. The van der Waals surface area contributed by atoms with Gasteiger partial charge in [-0.05, 0) is 39.3 Å². The summed E-state index contributed by atoms with van der Waals surface area (Å²) in [6.07, 6.45) is 2.42. The first kappa shape index (κ1) is 20.0. The fourth-order valence-electron chi connectivity index (χ4n) is 4.26. The second-order valence-electron chi connectivity index (χ2n) is 7.89. The van der Waals surface area contributed by atoms with E-state index in [1.54, 1.807) is 7.11 Å². The number of benzene rings is 1. The third kappa shape index (κ3) is 5.14. The summed E-state index contributed by atoms with van der Waals surface area (Å²) in [4.78, 5) is 19.4. The van der Waals surface area contributed by atoms with E-state index in [0.717, 1.165) is 51.6 Å². The lowest BCUT2D eigenvalue weighted by atomic mass is 10.1. The van der Waals surface area contributed by atoms with Crippen molar-refractivity contribution >= 4 is 6.03 Å². The molecule has 0 aromatic heterocycles. The van der Waals surface area contributed by atoms with E-state index < -0.39 is 0 Å². The van der Waals surface area contributed by atoms with Crippen LogP contribution in [0.25, 0.3) is 0 Å². The van der Waals surface area contributed by atoms with Crippen molar-refractivity contribution in [2.75, 3.05) is 46.4 Å². The predicted molar refractivity (Wildman–Crippen MR) is 108 cm³/mol. The molecule has 2 fully saturated rings. The molecule has 2 aliphatic rings. The van der Waals surface area contributed by atoms with Crippen LogP contribution >= 0.6 is 0 Å². The van der Waals surface area contributed by atoms with Gasteiger partial charge in [-0.25, -0.2) is 4.79 Å². The van der Waals surface area contributed by atoms with Crippen molar-refractivity contribution in [1.82, 2.24) is 20.0 Å². The first-order chi connectivity index (χ1) is 13.1. The van der Waals surface area contributed by atoms with E-state index in [1.807, 2.05) is 23.1 Å². The number of para-hydroxylation sites is 1. The smallest absolute Gasteiger partial charge is 0.317 e. The Kier molecular flexibility index (Phi) is 6.96. The van der Waals surface area contributed by atoms with Crippen LogP contribution in [0.4, 0.5) is 4.79 Å². The number of hydrogen-bond acceptors (Lipinski definition) is 4. The number of likely N-dealkylation sites (tertiary alicyclic amines) is 1. The number of carbonyl (C=O) groups excluding carboxylic acids is 1. The Balaban J connectivity index is 1.43. The van der Waals surface area contributed by atoms with E-state index in [-0.39, 0.29) is 6.03 Å². The van der Waals surface area contributed by atoms with Gasteiger partial charge < -0.3 is 15.0 Å². The molecule has 0 radical (unpaired) electrons. The summed E-state index contributed by atoms with van der Waals surface area (Å²) in [5, 5.41) is 3.17. The molecule has 0 unspecified atom stereocenters. The summed E-state index contributed by atoms with van der Waals surface area (Å²) in [7, 11) is 1.71. The molecule has 0 saturated carbocycles. The average molecular weight is 375 g/mol. The largest absolute Gasteiger partial charge is 0.496 e. The normalized spacial score (nSPS) is 21.6. The Morgan fingerprint density at radius 2 is 1.93 bits per heavy atom. The number of ether oxygens (including phenoxy) is 1. The molecule has 0 spiro atoms. The molecule has 0 bridgehead atoms. The molecule has 2 heterocycles. The Labute approximate surface area is 163 Å². The van der Waals surface area contributed by atoms with E-state index in [0.29, 0.717) is 12.1 Å². The van der Waals surface area contributed by atoms with Gasteiger partial charge in [-0.1, -0.05) is 18.2 Å². The van der Waals surface area contributed by atoms with Gasteiger partial charge in [0.1, 0.15) is 5.75 Å². The lowest BCUT2D eigenvalue weighted by Gasteiger charge is -2.35. The summed E-state index contributed by atoms with van der Waals surface area (Å²) in [5.74, 6) is 0.934. The van der Waals surface area contributed by atoms with Crippen molar-refractivity contribution in [2.45, 2.75) is 45.3 Å². The van der Waals surface area contributed by atoms with Crippen molar-refractivity contribution in [1.29, 1.82) is 0 Å². The fourth-order valence-corrected chi connectivity index (χ4v) is 4.26. The van der Waals surface area contributed by atoms with E-state index in [9.17, 15) is 4.79 Å². The Bertz CT molecular complexity index is 614. The SMILES string of the molecule is COc1ccccc1CN1CCN(C(=O)NC[C@H]2CCCN2C(C)C)CC1. The number of piperazine rings is 1. The first-order valence-electron chi connectivity index (χ1n) is 10.2. The molecule has 6 heteroatoms. The standard InChI is InChI=1S/C21H34N4O2/c1-17(2)25-10-6-8-19(25)15-22-21(26)24-13-11-23(12-14-24)16-18-7-4-5-9-20(18)27-3/h4-5,7,9,17,19H,6,8,10-16H2,1-3H3,(H,22,26)/t19-/m1/s1. The van der Waals surface area contributed by atoms with Crippen LogP contribution in [0.15, 0.2) is 24.3 Å². The second-order valence-corrected chi connectivity index (χ2v) is 7.89. The fraction of sp³-hybridized carbons (Fsp3) is 0.667. The number of carbonyl (C=O) groups is 1. The van der Waals surface area contributed by atoms with Gasteiger partial charge in [0.2, 0.25) is 0 Å². The number of hydrogen-bond donors (Lipinski definition) is 1. The lowest BCUT2D eigenvalue weighted by Crippen LogP contribution is -2.53. The summed E-state index contributed by atoms with van der Waals surface area (Å²) in [5.41, 5.74) is 1.20. The van der Waals surface area contributed by atoms with E-state index in [2.05, 4.69) is 35.0 Å². The summed E-state index contributed by atoms with van der Waals surface area (Å²) in [6.45, 7) is 10.6. The topological polar surface area (TPSA) is 48.1 Å². The molecular formula is C21H34N4O2. The van der Waals surface area contributed by atoms with Crippen LogP contribution in [-0.4, -0.2) is 79.2 Å². The van der Waals surface area contributed by atoms with Crippen molar-refractivity contribution in [3.63, 3.8) is 0 Å². The molecule has 1 aromatic rings. The molecule has 1 aromatic carbocycles. The lowest BCUT2D eigenvalue weighted by molar-refractivity contribution is 0.131. The van der Waals surface area contributed by atoms with Gasteiger partial charge in [0.05, 0.1) is 7.11 Å². The van der Waals surface area contributed by atoms with Crippen LogP contribution in [0.5, 0.6) is 5.75 Å². The molecule has 3 rings (SSSR count). The van der Waals surface area contributed by atoms with Crippen LogP contribution in [0.3, 0.4) is 0 Å². The van der Waals surface area contributed by atoms with Crippen LogP contribution < -0.4 is 10.1 Å². The molecule has 2 saturated heterocycles. The number of nitrogens with zero attached hydrogens (tertiary/aromatic N) is 3. The van der Waals surface area contributed by atoms with E-state index in [1.165, 1.54) is 18.4 Å². The summed E-state index contributed by atoms with van der Waals surface area (Å²) in [6, 6.07) is 9.28. The van der Waals surface area contributed by atoms with Gasteiger partial charge in [0, 0.05) is 56.9 Å². The maximum atomic E-state index is 12.6. The number of rotatable bonds is 6. The number of nitrogens with one attached hydrogen (secondary N) is 1. The highest BCUT2D eigenvalue weighted by Gasteiger charge is 2.28. The minimum absolute atomic E-state index is 0.0857. The van der Waals surface area contributed by atoms with E-state index >= 15 is 0 Å². The monoisotopic (exact) mass is 374 g/mol. The zero-order chi connectivity index (χ0) is 19.2. The molecule has 0 aliphatic carbocycles. The van der Waals surface area contributed by atoms with Gasteiger partial charge in [-0.2, -0.15) is 0 Å². The van der Waals surface area contributed by atoms with Crippen LogP contribution in [0.2, 0.25) is 0 Å². The third-order valence-electron chi connectivity index (χ3n) is 5.82. The van der Waals surface area contributed by atoms with Crippen molar-refractivity contribution in [3.05, 3.63) is 29.8 Å². The van der Waals surface area contributed by atoms with Gasteiger partial charge in [0.25, 0.3) is 0 Å². The van der Waals surface area contributed by atoms with Crippen LogP contribution in [0.1, 0.15) is 32.3 Å². The molecule has 2 amide bonds. The van der Waals surface area contributed by atoms with Crippen molar-refractivity contribution in [2.24, 2.45) is 0 Å². The number of methoxy groups -OCH3 is 1.